The van der Waals surface area contributed by atoms with E-state index < -0.39 is 0 Å². The summed E-state index contributed by atoms with van der Waals surface area (Å²) in [7, 11) is 0. The van der Waals surface area contributed by atoms with Gasteiger partial charge < -0.3 is 9.64 Å². The SMILES string of the molecule is O=C(Cc1ccccc1Cl)N1CCO[C@@H](c2ccccc2)C1. The molecule has 0 aromatic heterocycles. The first-order valence-corrected chi connectivity index (χ1v) is 7.79. The van der Waals surface area contributed by atoms with E-state index in [-0.39, 0.29) is 12.0 Å². The van der Waals surface area contributed by atoms with Crippen LogP contribution in [0.1, 0.15) is 17.2 Å². The normalized spacial score (nSPS) is 18.2. The highest BCUT2D eigenvalue weighted by atomic mass is 35.5. The van der Waals surface area contributed by atoms with Crippen molar-refractivity contribution in [1.82, 2.24) is 4.90 Å². The zero-order valence-corrected chi connectivity index (χ0v) is 13.0. The Kier molecular flexibility index (Phi) is 4.76. The van der Waals surface area contributed by atoms with E-state index in [1.807, 2.05) is 59.5 Å². The summed E-state index contributed by atoms with van der Waals surface area (Å²) < 4.78 is 5.80. The van der Waals surface area contributed by atoms with Gasteiger partial charge in [-0.1, -0.05) is 60.1 Å². The number of benzene rings is 2. The number of carbonyl (C=O) groups excluding carboxylic acids is 1. The lowest BCUT2D eigenvalue weighted by atomic mass is 10.1. The van der Waals surface area contributed by atoms with Crippen LogP contribution >= 0.6 is 11.6 Å². The van der Waals surface area contributed by atoms with E-state index >= 15 is 0 Å². The van der Waals surface area contributed by atoms with E-state index in [1.54, 1.807) is 0 Å². The summed E-state index contributed by atoms with van der Waals surface area (Å²) in [5.41, 5.74) is 1.98. The van der Waals surface area contributed by atoms with Gasteiger partial charge in [-0.15, -0.1) is 0 Å². The first-order chi connectivity index (χ1) is 10.7. The Labute approximate surface area is 135 Å². The molecule has 1 aliphatic heterocycles. The van der Waals surface area contributed by atoms with Crippen molar-refractivity contribution >= 4 is 17.5 Å². The molecule has 0 bridgehead atoms. The predicted molar refractivity (Wildman–Crippen MR) is 86.9 cm³/mol. The highest BCUT2D eigenvalue weighted by Crippen LogP contribution is 2.23. The number of nitrogens with zero attached hydrogens (tertiary/aromatic N) is 1. The van der Waals surface area contributed by atoms with Crippen LogP contribution in [0.25, 0.3) is 0 Å². The summed E-state index contributed by atoms with van der Waals surface area (Å²) in [6.45, 7) is 1.79. The third-order valence-electron chi connectivity index (χ3n) is 3.89. The zero-order valence-electron chi connectivity index (χ0n) is 12.2. The maximum Gasteiger partial charge on any atom is 0.227 e. The van der Waals surface area contributed by atoms with Crippen molar-refractivity contribution in [3.63, 3.8) is 0 Å². The van der Waals surface area contributed by atoms with Crippen LogP contribution in [-0.2, 0) is 16.0 Å². The van der Waals surface area contributed by atoms with Crippen LogP contribution in [0, 0.1) is 0 Å². The second kappa shape index (κ2) is 6.95. The van der Waals surface area contributed by atoms with Gasteiger partial charge in [-0.05, 0) is 17.2 Å². The molecule has 1 amide bonds. The average molecular weight is 316 g/mol. The summed E-state index contributed by atoms with van der Waals surface area (Å²) in [4.78, 5) is 14.4. The van der Waals surface area contributed by atoms with Crippen LogP contribution < -0.4 is 0 Å². The molecule has 22 heavy (non-hydrogen) atoms. The van der Waals surface area contributed by atoms with Crippen molar-refractivity contribution in [2.75, 3.05) is 19.7 Å². The maximum absolute atomic E-state index is 12.5. The molecule has 0 unspecified atom stereocenters. The average Bonchev–Trinajstić information content (AvgIpc) is 2.58. The second-order valence-corrected chi connectivity index (χ2v) is 5.79. The Morgan fingerprint density at radius 3 is 2.64 bits per heavy atom. The van der Waals surface area contributed by atoms with Crippen LogP contribution in [0.5, 0.6) is 0 Å². The number of carbonyl (C=O) groups is 1. The Morgan fingerprint density at radius 2 is 1.86 bits per heavy atom. The van der Waals surface area contributed by atoms with Gasteiger partial charge in [-0.25, -0.2) is 0 Å². The van der Waals surface area contributed by atoms with Gasteiger partial charge in [0, 0.05) is 11.6 Å². The monoisotopic (exact) mass is 315 g/mol. The fraction of sp³-hybridized carbons (Fsp3) is 0.278. The van der Waals surface area contributed by atoms with Crippen LogP contribution in [0.15, 0.2) is 54.6 Å². The lowest BCUT2D eigenvalue weighted by molar-refractivity contribution is -0.138. The smallest absolute Gasteiger partial charge is 0.227 e. The van der Waals surface area contributed by atoms with Gasteiger partial charge in [-0.3, -0.25) is 4.79 Å². The summed E-state index contributed by atoms with van der Waals surface area (Å²) >= 11 is 6.14. The predicted octanol–water partition coefficient (Wildman–Crippen LogP) is 3.48. The first kappa shape index (κ1) is 15.1. The second-order valence-electron chi connectivity index (χ2n) is 5.38. The molecule has 0 saturated carbocycles. The number of halogens is 1. The van der Waals surface area contributed by atoms with Crippen molar-refractivity contribution in [2.24, 2.45) is 0 Å². The number of ether oxygens (including phenoxy) is 1. The molecule has 4 heteroatoms. The third-order valence-corrected chi connectivity index (χ3v) is 4.26. The highest BCUT2D eigenvalue weighted by molar-refractivity contribution is 6.31. The number of hydrogen-bond acceptors (Lipinski definition) is 2. The summed E-state index contributed by atoms with van der Waals surface area (Å²) in [5.74, 6) is 0.0948. The molecule has 0 N–H and O–H groups in total. The van der Waals surface area contributed by atoms with Gasteiger partial charge in [0.1, 0.15) is 6.10 Å². The highest BCUT2D eigenvalue weighted by Gasteiger charge is 2.25. The lowest BCUT2D eigenvalue weighted by Crippen LogP contribution is -2.43. The van der Waals surface area contributed by atoms with Gasteiger partial charge >= 0.3 is 0 Å². The van der Waals surface area contributed by atoms with Gasteiger partial charge in [0.05, 0.1) is 19.6 Å². The van der Waals surface area contributed by atoms with E-state index in [9.17, 15) is 4.79 Å². The Balaban J connectivity index is 1.67. The number of amides is 1. The molecular weight excluding hydrogens is 298 g/mol. The topological polar surface area (TPSA) is 29.5 Å². The van der Waals surface area contributed by atoms with Crippen molar-refractivity contribution in [3.8, 4) is 0 Å². The fourth-order valence-electron chi connectivity index (χ4n) is 2.66. The number of rotatable bonds is 3. The molecule has 0 aliphatic carbocycles. The van der Waals surface area contributed by atoms with Crippen molar-refractivity contribution in [2.45, 2.75) is 12.5 Å². The van der Waals surface area contributed by atoms with E-state index in [1.165, 1.54) is 0 Å². The summed E-state index contributed by atoms with van der Waals surface area (Å²) in [6.07, 6.45) is 0.284. The molecular formula is C18H18ClNO2. The Morgan fingerprint density at radius 1 is 1.14 bits per heavy atom. The molecule has 3 nitrogen and oxygen atoms in total. The van der Waals surface area contributed by atoms with Crippen LogP contribution in [0.2, 0.25) is 5.02 Å². The molecule has 0 radical (unpaired) electrons. The van der Waals surface area contributed by atoms with E-state index in [0.29, 0.717) is 31.1 Å². The van der Waals surface area contributed by atoms with E-state index in [2.05, 4.69) is 0 Å². The third kappa shape index (κ3) is 3.49. The van der Waals surface area contributed by atoms with Crippen molar-refractivity contribution < 1.29 is 9.53 Å². The summed E-state index contributed by atoms with van der Waals surface area (Å²) in [6, 6.07) is 17.5. The van der Waals surface area contributed by atoms with Gasteiger partial charge in [-0.2, -0.15) is 0 Å². The fourth-order valence-corrected chi connectivity index (χ4v) is 2.86. The molecule has 114 valence electrons. The Bertz CT molecular complexity index is 645. The minimum atomic E-state index is -0.0508. The molecule has 1 aliphatic rings. The van der Waals surface area contributed by atoms with Crippen molar-refractivity contribution in [1.29, 1.82) is 0 Å². The van der Waals surface area contributed by atoms with E-state index in [4.69, 9.17) is 16.3 Å². The standard InChI is InChI=1S/C18H18ClNO2/c19-16-9-5-4-8-15(16)12-18(21)20-10-11-22-17(13-20)14-6-2-1-3-7-14/h1-9,17H,10-13H2/t17-/m1/s1. The summed E-state index contributed by atoms with van der Waals surface area (Å²) in [5, 5.41) is 0.642. The van der Waals surface area contributed by atoms with Gasteiger partial charge in [0.2, 0.25) is 5.91 Å². The largest absolute Gasteiger partial charge is 0.370 e. The molecule has 1 fully saturated rings. The molecule has 1 heterocycles. The lowest BCUT2D eigenvalue weighted by Gasteiger charge is -2.33. The van der Waals surface area contributed by atoms with Crippen LogP contribution in [0.4, 0.5) is 0 Å². The minimum absolute atomic E-state index is 0.0508. The van der Waals surface area contributed by atoms with Gasteiger partial charge in [0.25, 0.3) is 0 Å². The quantitative estimate of drug-likeness (QED) is 0.868. The van der Waals surface area contributed by atoms with E-state index in [0.717, 1.165) is 11.1 Å². The number of hydrogen-bond donors (Lipinski definition) is 0. The van der Waals surface area contributed by atoms with Crippen LogP contribution in [0.3, 0.4) is 0 Å². The minimum Gasteiger partial charge on any atom is -0.370 e. The zero-order chi connectivity index (χ0) is 15.4. The first-order valence-electron chi connectivity index (χ1n) is 7.42. The molecule has 0 spiro atoms. The number of morpholine rings is 1. The molecule has 2 aromatic carbocycles. The van der Waals surface area contributed by atoms with Crippen LogP contribution in [-0.4, -0.2) is 30.5 Å². The maximum atomic E-state index is 12.5. The van der Waals surface area contributed by atoms with Gasteiger partial charge in [0.15, 0.2) is 0 Å². The molecule has 3 rings (SSSR count). The molecule has 1 saturated heterocycles. The molecule has 2 aromatic rings. The van der Waals surface area contributed by atoms with Crippen molar-refractivity contribution in [3.05, 3.63) is 70.7 Å². The molecule has 1 atom stereocenters. The Hall–Kier alpha value is -1.84.